The molecule has 1 heterocycles. The van der Waals surface area contributed by atoms with Crippen molar-refractivity contribution in [1.29, 1.82) is 0 Å². The van der Waals surface area contributed by atoms with Gasteiger partial charge in [0.2, 0.25) is 5.82 Å². The van der Waals surface area contributed by atoms with Gasteiger partial charge >= 0.3 is 5.69 Å². The van der Waals surface area contributed by atoms with E-state index in [1.54, 1.807) is 0 Å². The molecule has 0 saturated carbocycles. The van der Waals surface area contributed by atoms with Gasteiger partial charge in [-0.15, -0.1) is 0 Å². The van der Waals surface area contributed by atoms with Crippen LogP contribution in [-0.2, 0) is 0 Å². The molecule has 0 radical (unpaired) electrons. The van der Waals surface area contributed by atoms with E-state index in [-0.39, 0.29) is 6.04 Å². The molecule has 0 aliphatic carbocycles. The molecule has 0 aromatic heterocycles. The van der Waals surface area contributed by atoms with Gasteiger partial charge in [0.15, 0.2) is 0 Å². The summed E-state index contributed by atoms with van der Waals surface area (Å²) in [5, 5.41) is 13.8. The first-order valence-corrected chi connectivity index (χ1v) is 6.53. The summed E-state index contributed by atoms with van der Waals surface area (Å²) in [6, 6.07) is 1.26. The van der Waals surface area contributed by atoms with Crippen LogP contribution >= 0.6 is 0 Å². The molecular weight excluding hydrogens is 284 g/mol. The van der Waals surface area contributed by atoms with Crippen LogP contribution in [0.2, 0.25) is 0 Å². The number of hydrogen-bond donors (Lipinski definition) is 1. The standard InChI is InChI=1S/C13H15F2N3O3/c1-17(8-3-2-6-16-7-8)13(19)11-9(14)4-5-10(12(11)15)18(20)21/h4-5,8,16H,2-3,6-7H2,1H3. The molecule has 1 unspecified atom stereocenters. The molecule has 1 fully saturated rings. The second-order valence-electron chi connectivity index (χ2n) is 4.93. The Morgan fingerprint density at radius 2 is 2.19 bits per heavy atom. The van der Waals surface area contributed by atoms with Crippen LogP contribution in [0.4, 0.5) is 14.5 Å². The molecule has 21 heavy (non-hydrogen) atoms. The highest BCUT2D eigenvalue weighted by atomic mass is 19.1. The third-order valence-corrected chi connectivity index (χ3v) is 3.62. The lowest BCUT2D eigenvalue weighted by Gasteiger charge is -2.31. The van der Waals surface area contributed by atoms with Crippen LogP contribution in [0.3, 0.4) is 0 Å². The largest absolute Gasteiger partial charge is 0.337 e. The summed E-state index contributed by atoms with van der Waals surface area (Å²) in [6.07, 6.45) is 1.57. The molecule has 0 bridgehead atoms. The van der Waals surface area contributed by atoms with Gasteiger partial charge in [0.25, 0.3) is 5.91 Å². The number of nitrogens with one attached hydrogen (secondary N) is 1. The third-order valence-electron chi connectivity index (χ3n) is 3.62. The normalized spacial score (nSPS) is 18.3. The minimum atomic E-state index is -1.43. The molecule has 1 N–H and O–H groups in total. The summed E-state index contributed by atoms with van der Waals surface area (Å²) in [7, 11) is 1.44. The highest BCUT2D eigenvalue weighted by molar-refractivity contribution is 5.95. The van der Waals surface area contributed by atoms with Gasteiger partial charge in [0, 0.05) is 25.7 Å². The smallest absolute Gasteiger partial charge is 0.305 e. The van der Waals surface area contributed by atoms with Crippen molar-refractivity contribution in [3.8, 4) is 0 Å². The molecule has 0 spiro atoms. The minimum absolute atomic E-state index is 0.190. The topological polar surface area (TPSA) is 75.5 Å². The Morgan fingerprint density at radius 3 is 2.76 bits per heavy atom. The van der Waals surface area contributed by atoms with Gasteiger partial charge in [-0.05, 0) is 25.5 Å². The number of rotatable bonds is 3. The lowest BCUT2D eigenvalue weighted by molar-refractivity contribution is -0.387. The summed E-state index contributed by atoms with van der Waals surface area (Å²) in [5.74, 6) is -3.42. The molecular formula is C13H15F2N3O3. The first-order chi connectivity index (χ1) is 9.93. The molecule has 1 aromatic rings. The van der Waals surface area contributed by atoms with Crippen LogP contribution < -0.4 is 5.32 Å². The number of nitro groups is 1. The maximum absolute atomic E-state index is 14.0. The average Bonchev–Trinajstić information content (AvgIpc) is 2.46. The molecule has 1 saturated heterocycles. The fourth-order valence-corrected chi connectivity index (χ4v) is 2.38. The highest BCUT2D eigenvalue weighted by Crippen LogP contribution is 2.25. The number of benzene rings is 1. The summed E-state index contributed by atoms with van der Waals surface area (Å²) in [5.41, 5.74) is -1.79. The number of nitrogens with zero attached hydrogens (tertiary/aromatic N) is 2. The number of carbonyl (C=O) groups excluding carboxylic acids is 1. The maximum Gasteiger partial charge on any atom is 0.305 e. The molecule has 1 amide bonds. The summed E-state index contributed by atoms with van der Waals surface area (Å²) in [4.78, 5) is 23.2. The molecule has 2 rings (SSSR count). The Bertz CT molecular complexity index is 574. The van der Waals surface area contributed by atoms with Crippen molar-refractivity contribution in [3.05, 3.63) is 39.4 Å². The van der Waals surface area contributed by atoms with E-state index in [0.717, 1.165) is 19.0 Å². The fraction of sp³-hybridized carbons (Fsp3) is 0.462. The van der Waals surface area contributed by atoms with Crippen molar-refractivity contribution in [1.82, 2.24) is 10.2 Å². The van der Waals surface area contributed by atoms with Gasteiger partial charge in [-0.3, -0.25) is 14.9 Å². The van der Waals surface area contributed by atoms with Crippen LogP contribution in [0.25, 0.3) is 0 Å². The molecule has 1 aliphatic heterocycles. The van der Waals surface area contributed by atoms with Crippen LogP contribution in [0.5, 0.6) is 0 Å². The van der Waals surface area contributed by atoms with Gasteiger partial charge in [-0.1, -0.05) is 0 Å². The van der Waals surface area contributed by atoms with E-state index in [4.69, 9.17) is 0 Å². The Balaban J connectivity index is 2.33. The molecule has 1 aliphatic rings. The predicted molar refractivity (Wildman–Crippen MR) is 71.0 cm³/mol. The van der Waals surface area contributed by atoms with E-state index >= 15 is 0 Å². The zero-order chi connectivity index (χ0) is 15.6. The van der Waals surface area contributed by atoms with Gasteiger partial charge in [0.1, 0.15) is 11.4 Å². The van der Waals surface area contributed by atoms with E-state index in [2.05, 4.69) is 5.32 Å². The van der Waals surface area contributed by atoms with E-state index < -0.39 is 33.7 Å². The second-order valence-corrected chi connectivity index (χ2v) is 4.93. The molecule has 6 nitrogen and oxygen atoms in total. The van der Waals surface area contributed by atoms with E-state index in [0.29, 0.717) is 19.0 Å². The van der Waals surface area contributed by atoms with Crippen molar-refractivity contribution in [2.45, 2.75) is 18.9 Å². The van der Waals surface area contributed by atoms with E-state index in [1.165, 1.54) is 11.9 Å². The summed E-state index contributed by atoms with van der Waals surface area (Å²) < 4.78 is 27.8. The highest BCUT2D eigenvalue weighted by Gasteiger charge is 2.31. The second kappa shape index (κ2) is 6.13. The van der Waals surface area contributed by atoms with E-state index in [9.17, 15) is 23.7 Å². The number of piperidine rings is 1. The maximum atomic E-state index is 14.0. The number of amides is 1. The zero-order valence-electron chi connectivity index (χ0n) is 11.4. The lowest BCUT2D eigenvalue weighted by atomic mass is 10.0. The number of halogens is 2. The van der Waals surface area contributed by atoms with E-state index in [1.807, 2.05) is 0 Å². The van der Waals surface area contributed by atoms with Gasteiger partial charge in [-0.2, -0.15) is 4.39 Å². The summed E-state index contributed by atoms with van der Waals surface area (Å²) in [6.45, 7) is 1.36. The van der Waals surface area contributed by atoms with Crippen LogP contribution in [0, 0.1) is 21.7 Å². The van der Waals surface area contributed by atoms with Crippen LogP contribution in [0.1, 0.15) is 23.2 Å². The Hall–Kier alpha value is -2.09. The number of hydrogen-bond acceptors (Lipinski definition) is 4. The summed E-state index contributed by atoms with van der Waals surface area (Å²) >= 11 is 0. The van der Waals surface area contributed by atoms with Gasteiger partial charge < -0.3 is 10.2 Å². The van der Waals surface area contributed by atoms with Crippen molar-refractivity contribution < 1.29 is 18.5 Å². The minimum Gasteiger partial charge on any atom is -0.337 e. The molecule has 114 valence electrons. The Kier molecular flexibility index (Phi) is 4.46. The molecule has 8 heteroatoms. The molecule has 1 atom stereocenters. The predicted octanol–water partition coefficient (Wildman–Crippen LogP) is 1.70. The number of nitro benzene ring substituents is 1. The monoisotopic (exact) mass is 299 g/mol. The first-order valence-electron chi connectivity index (χ1n) is 6.53. The average molecular weight is 299 g/mol. The van der Waals surface area contributed by atoms with Gasteiger partial charge in [0.05, 0.1) is 4.92 Å². The third kappa shape index (κ3) is 2.99. The SMILES string of the molecule is CN(C(=O)c1c(F)ccc([N+](=O)[O-])c1F)C1CCCNC1. The quantitative estimate of drug-likeness (QED) is 0.681. The molecule has 1 aromatic carbocycles. The number of likely N-dealkylation sites (N-methyl/N-ethyl adjacent to an activating group) is 1. The lowest BCUT2D eigenvalue weighted by Crippen LogP contribution is -2.47. The Morgan fingerprint density at radius 1 is 1.48 bits per heavy atom. The fourth-order valence-electron chi connectivity index (χ4n) is 2.38. The van der Waals surface area contributed by atoms with Crippen LogP contribution in [0.15, 0.2) is 12.1 Å². The number of carbonyl (C=O) groups is 1. The van der Waals surface area contributed by atoms with Gasteiger partial charge in [-0.25, -0.2) is 4.39 Å². The van der Waals surface area contributed by atoms with Crippen LogP contribution in [-0.4, -0.2) is 41.9 Å². The first kappa shape index (κ1) is 15.3. The van der Waals surface area contributed by atoms with Crippen molar-refractivity contribution in [2.75, 3.05) is 20.1 Å². The zero-order valence-corrected chi connectivity index (χ0v) is 11.4. The van der Waals surface area contributed by atoms with Crippen molar-refractivity contribution in [2.24, 2.45) is 0 Å². The van der Waals surface area contributed by atoms with Crippen molar-refractivity contribution in [3.63, 3.8) is 0 Å². The Labute approximate surface area is 119 Å². The van der Waals surface area contributed by atoms with Crippen molar-refractivity contribution >= 4 is 11.6 Å².